The molecule has 2 aromatic heterocycles. The van der Waals surface area contributed by atoms with Gasteiger partial charge in [-0.2, -0.15) is 9.94 Å². The number of piperidine rings is 1. The van der Waals surface area contributed by atoms with Crippen LogP contribution in [0, 0.1) is 28.1 Å². The van der Waals surface area contributed by atoms with Crippen LogP contribution >= 0.6 is 11.6 Å². The average Bonchev–Trinajstić information content (AvgIpc) is 3.68. The van der Waals surface area contributed by atoms with Gasteiger partial charge in [0.1, 0.15) is 29.5 Å². The van der Waals surface area contributed by atoms with Crippen molar-refractivity contribution in [1.82, 2.24) is 45.9 Å². The SMILES string of the molecule is CC1(C)[C@H](NC(=O)c2ccc(-n3cc(CCNC(=O)C4CN(c5ccc6nnn(C7CCC(=O)NC7=O)c(=O)c6c5)C4)nn3)cc2)C(C)(C)[C@H]1Oc1ccc(C#N)c(Cl)c1. The van der Waals surface area contributed by atoms with Gasteiger partial charge < -0.3 is 20.3 Å². The third-order valence-electron chi connectivity index (χ3n) is 11.8. The van der Waals surface area contributed by atoms with Crippen molar-refractivity contribution >= 4 is 51.8 Å². The van der Waals surface area contributed by atoms with Crippen LogP contribution in [0.15, 0.2) is 71.7 Å². The minimum atomic E-state index is -0.913. The second kappa shape index (κ2) is 15.5. The van der Waals surface area contributed by atoms with Gasteiger partial charge in [0.15, 0.2) is 0 Å². The van der Waals surface area contributed by atoms with E-state index in [2.05, 4.69) is 70.3 Å². The molecule has 1 aliphatic carbocycles. The molecule has 3 N–H and O–H groups in total. The van der Waals surface area contributed by atoms with E-state index in [9.17, 15) is 29.2 Å². The molecule has 0 spiro atoms. The fourth-order valence-electron chi connectivity index (χ4n) is 8.79. The second-order valence-corrected chi connectivity index (χ2v) is 17.1. The molecule has 3 fully saturated rings. The van der Waals surface area contributed by atoms with Gasteiger partial charge in [0.2, 0.25) is 11.8 Å². The number of hydrogen-bond donors (Lipinski definition) is 3. The highest BCUT2D eigenvalue weighted by atomic mass is 35.5. The van der Waals surface area contributed by atoms with E-state index in [4.69, 9.17) is 16.3 Å². The molecule has 1 unspecified atom stereocenters. The first-order chi connectivity index (χ1) is 28.6. The Bertz CT molecular complexity index is 2630. The summed E-state index contributed by atoms with van der Waals surface area (Å²) in [5.74, 6) is -0.943. The quantitative estimate of drug-likeness (QED) is 0.163. The predicted octanol–water partition coefficient (Wildman–Crippen LogP) is 3.28. The number of anilines is 1. The Kier molecular flexibility index (Phi) is 10.4. The van der Waals surface area contributed by atoms with Crippen LogP contribution in [0.3, 0.4) is 0 Å². The van der Waals surface area contributed by atoms with Crippen LogP contribution in [0.5, 0.6) is 5.75 Å². The number of nitriles is 1. The minimum absolute atomic E-state index is 0.0904. The van der Waals surface area contributed by atoms with Crippen molar-refractivity contribution in [2.24, 2.45) is 16.7 Å². The summed E-state index contributed by atoms with van der Waals surface area (Å²) in [4.78, 5) is 65.6. The fraction of sp³-hybridized carbons (Fsp3) is 0.381. The number of nitrogens with one attached hydrogen (secondary N) is 3. The first-order valence-electron chi connectivity index (χ1n) is 19.6. The third kappa shape index (κ3) is 7.43. The Labute approximate surface area is 349 Å². The lowest BCUT2D eigenvalue weighted by Crippen LogP contribution is -2.74. The molecule has 17 nitrogen and oxygen atoms in total. The van der Waals surface area contributed by atoms with Crippen LogP contribution in [0.1, 0.15) is 68.2 Å². The summed E-state index contributed by atoms with van der Waals surface area (Å²) in [5, 5.41) is 34.8. The van der Waals surface area contributed by atoms with Gasteiger partial charge in [-0.1, -0.05) is 49.7 Å². The van der Waals surface area contributed by atoms with Crippen LogP contribution in [-0.4, -0.2) is 85.4 Å². The van der Waals surface area contributed by atoms with Crippen LogP contribution in [0.25, 0.3) is 16.6 Å². The third-order valence-corrected chi connectivity index (χ3v) is 12.1. The molecule has 60 heavy (non-hydrogen) atoms. The number of benzene rings is 3. The average molecular weight is 832 g/mol. The monoisotopic (exact) mass is 831 g/mol. The summed E-state index contributed by atoms with van der Waals surface area (Å²) in [5.41, 5.74) is 2.12. The van der Waals surface area contributed by atoms with Gasteiger partial charge in [-0.25, -0.2) is 4.68 Å². The molecule has 4 heterocycles. The zero-order chi connectivity index (χ0) is 42.5. The highest BCUT2D eigenvalue weighted by molar-refractivity contribution is 6.31. The van der Waals surface area contributed by atoms with Gasteiger partial charge in [0.05, 0.1) is 39.5 Å². The normalized spacial score (nSPS) is 20.7. The standard InChI is InChI=1S/C42H42ClN11O6/c1-41(2)39(42(3,4)40(41)60-29-11-7-24(19-44)31(43)18-29)47-36(57)23-5-8-27(9-6-23)53-22-26(48-50-53)15-16-45-35(56)25-20-52(21-25)28-10-12-32-30(17-28)38(59)54(51-49-32)33-13-14-34(55)46-37(33)58/h5-12,17-18,22,25,33,39-40H,13-16,20-21H2,1-4H3,(H,45,56)(H,47,57)(H,46,55,58)/t33?,39-,40-. The topological polar surface area (TPSA) is 219 Å². The molecule has 18 heteroatoms. The number of fused-ring (bicyclic) bond motifs is 1. The van der Waals surface area contributed by atoms with E-state index >= 15 is 0 Å². The Morgan fingerprint density at radius 3 is 2.40 bits per heavy atom. The summed E-state index contributed by atoms with van der Waals surface area (Å²) < 4.78 is 8.99. The first kappa shape index (κ1) is 40.1. The van der Waals surface area contributed by atoms with Gasteiger partial charge in [-0.3, -0.25) is 29.3 Å². The minimum Gasteiger partial charge on any atom is -0.489 e. The summed E-state index contributed by atoms with van der Waals surface area (Å²) in [6.45, 7) is 9.49. The van der Waals surface area contributed by atoms with Gasteiger partial charge in [-0.15, -0.1) is 10.2 Å². The lowest BCUT2D eigenvalue weighted by atomic mass is 9.49. The summed E-state index contributed by atoms with van der Waals surface area (Å²) in [6, 6.07) is 18.2. The van der Waals surface area contributed by atoms with Crippen LogP contribution in [0.2, 0.25) is 5.02 Å². The number of carbonyl (C=O) groups is 4. The second-order valence-electron chi connectivity index (χ2n) is 16.7. The Hall–Kier alpha value is -6.67. The van der Waals surface area contributed by atoms with Gasteiger partial charge >= 0.3 is 0 Å². The molecule has 5 aromatic rings. The molecule has 1 saturated carbocycles. The van der Waals surface area contributed by atoms with E-state index in [-0.39, 0.29) is 48.6 Å². The van der Waals surface area contributed by atoms with E-state index in [1.165, 1.54) is 0 Å². The van der Waals surface area contributed by atoms with E-state index in [1.807, 2.05) is 11.0 Å². The largest absolute Gasteiger partial charge is 0.489 e. The van der Waals surface area contributed by atoms with Crippen molar-refractivity contribution in [1.29, 1.82) is 5.26 Å². The Morgan fingerprint density at radius 1 is 0.967 bits per heavy atom. The van der Waals surface area contributed by atoms with Crippen LogP contribution in [0.4, 0.5) is 5.69 Å². The Morgan fingerprint density at radius 2 is 1.70 bits per heavy atom. The molecular formula is C42H42ClN11O6. The molecule has 308 valence electrons. The molecule has 0 bridgehead atoms. The number of halogens is 1. The van der Waals surface area contributed by atoms with Crippen LogP contribution in [-0.2, 0) is 20.8 Å². The summed E-state index contributed by atoms with van der Waals surface area (Å²) >= 11 is 6.23. The molecule has 3 aromatic carbocycles. The lowest BCUT2D eigenvalue weighted by molar-refractivity contribution is -0.164. The smallest absolute Gasteiger partial charge is 0.278 e. The highest BCUT2D eigenvalue weighted by Crippen LogP contribution is 2.55. The molecule has 2 aliphatic heterocycles. The molecule has 1 atom stereocenters. The number of hydrogen-bond acceptors (Lipinski definition) is 12. The van der Waals surface area contributed by atoms with Crippen molar-refractivity contribution in [3.05, 3.63) is 99.1 Å². The maximum atomic E-state index is 13.4. The number of carbonyl (C=O) groups excluding carboxylic acids is 4. The van der Waals surface area contributed by atoms with Crippen molar-refractivity contribution in [2.45, 2.75) is 65.1 Å². The predicted molar refractivity (Wildman–Crippen MR) is 218 cm³/mol. The van der Waals surface area contributed by atoms with E-state index < -0.39 is 28.3 Å². The summed E-state index contributed by atoms with van der Waals surface area (Å²) in [7, 11) is 0. The molecule has 4 amide bonds. The van der Waals surface area contributed by atoms with Crippen molar-refractivity contribution < 1.29 is 23.9 Å². The summed E-state index contributed by atoms with van der Waals surface area (Å²) in [6.07, 6.45) is 2.30. The van der Waals surface area contributed by atoms with Crippen molar-refractivity contribution in [3.63, 3.8) is 0 Å². The molecule has 0 radical (unpaired) electrons. The van der Waals surface area contributed by atoms with Crippen molar-refractivity contribution in [2.75, 3.05) is 24.5 Å². The molecule has 3 aliphatic rings. The number of ether oxygens (including phenoxy) is 1. The molecule has 2 saturated heterocycles. The lowest BCUT2D eigenvalue weighted by Gasteiger charge is -2.63. The van der Waals surface area contributed by atoms with Crippen molar-refractivity contribution in [3.8, 4) is 17.5 Å². The molecule has 8 rings (SSSR count). The molecular weight excluding hydrogens is 790 g/mol. The number of rotatable bonds is 11. The number of nitrogens with zero attached hydrogens (tertiary/aromatic N) is 8. The van der Waals surface area contributed by atoms with Gasteiger partial charge in [0, 0.05) is 66.7 Å². The van der Waals surface area contributed by atoms with Gasteiger partial charge in [0.25, 0.3) is 17.4 Å². The van der Waals surface area contributed by atoms with E-state index in [0.29, 0.717) is 64.6 Å². The zero-order valence-corrected chi connectivity index (χ0v) is 34.1. The van der Waals surface area contributed by atoms with E-state index in [0.717, 1.165) is 16.1 Å². The maximum Gasteiger partial charge on any atom is 0.278 e. The number of aromatic nitrogens is 6. The zero-order valence-electron chi connectivity index (χ0n) is 33.3. The van der Waals surface area contributed by atoms with Crippen LogP contribution < -0.4 is 31.1 Å². The van der Waals surface area contributed by atoms with Gasteiger partial charge in [-0.05, 0) is 61.0 Å². The fourth-order valence-corrected chi connectivity index (χ4v) is 9.00. The maximum absolute atomic E-state index is 13.4. The number of amides is 4. The van der Waals surface area contributed by atoms with E-state index in [1.54, 1.807) is 65.5 Å². The first-order valence-corrected chi connectivity index (χ1v) is 20.0. The number of imide groups is 1. The Balaban J connectivity index is 0.805. The highest BCUT2D eigenvalue weighted by Gasteiger charge is 2.64.